The van der Waals surface area contributed by atoms with E-state index in [1.807, 2.05) is 18.2 Å². The van der Waals surface area contributed by atoms with Gasteiger partial charge in [-0.05, 0) is 30.7 Å². The van der Waals surface area contributed by atoms with E-state index in [4.69, 9.17) is 0 Å². The van der Waals surface area contributed by atoms with E-state index in [-0.39, 0.29) is 6.04 Å². The fourth-order valence-corrected chi connectivity index (χ4v) is 2.02. The van der Waals surface area contributed by atoms with Crippen LogP contribution in [0.4, 0.5) is 5.69 Å². The zero-order valence-corrected chi connectivity index (χ0v) is 11.1. The van der Waals surface area contributed by atoms with Gasteiger partial charge in [-0.25, -0.2) is 0 Å². The first-order valence-electron chi connectivity index (χ1n) is 6.45. The zero-order chi connectivity index (χ0) is 13.8. The highest BCUT2D eigenvalue weighted by molar-refractivity contribution is 5.62. The highest BCUT2D eigenvalue weighted by atomic mass is 15.1. The second-order valence-electron chi connectivity index (χ2n) is 4.54. The van der Waals surface area contributed by atoms with Gasteiger partial charge < -0.3 is 5.32 Å². The molecule has 0 spiro atoms. The third-order valence-electron chi connectivity index (χ3n) is 3.11. The Balaban J connectivity index is 1.72. The van der Waals surface area contributed by atoms with Crippen molar-refractivity contribution < 1.29 is 0 Å². The molecule has 20 heavy (non-hydrogen) atoms. The van der Waals surface area contributed by atoms with Crippen molar-refractivity contribution in [1.29, 1.82) is 0 Å². The van der Waals surface area contributed by atoms with Gasteiger partial charge in [0.2, 0.25) is 0 Å². The van der Waals surface area contributed by atoms with Crippen LogP contribution in [-0.2, 0) is 0 Å². The fourth-order valence-electron chi connectivity index (χ4n) is 2.02. The molecular formula is C15H15N5. The summed E-state index contributed by atoms with van der Waals surface area (Å²) in [5, 5.41) is 10.3. The van der Waals surface area contributed by atoms with Crippen LogP contribution in [0.15, 0.2) is 55.1 Å². The molecule has 1 atom stereocenters. The van der Waals surface area contributed by atoms with Gasteiger partial charge >= 0.3 is 0 Å². The van der Waals surface area contributed by atoms with Gasteiger partial charge in [-0.15, -0.1) is 0 Å². The van der Waals surface area contributed by atoms with Crippen molar-refractivity contribution in [3.63, 3.8) is 0 Å². The summed E-state index contributed by atoms with van der Waals surface area (Å²) < 4.78 is 0. The van der Waals surface area contributed by atoms with Crippen LogP contribution in [0.25, 0.3) is 11.3 Å². The molecule has 2 aromatic heterocycles. The van der Waals surface area contributed by atoms with E-state index in [1.165, 1.54) is 0 Å². The van der Waals surface area contributed by atoms with E-state index in [1.54, 1.807) is 24.8 Å². The highest BCUT2D eigenvalue weighted by Gasteiger charge is 2.06. The molecule has 2 N–H and O–H groups in total. The van der Waals surface area contributed by atoms with Crippen LogP contribution in [0.2, 0.25) is 0 Å². The Kier molecular flexibility index (Phi) is 3.41. The first-order chi connectivity index (χ1) is 9.83. The van der Waals surface area contributed by atoms with Gasteiger partial charge in [0.1, 0.15) is 0 Å². The van der Waals surface area contributed by atoms with Crippen LogP contribution in [-0.4, -0.2) is 20.2 Å². The molecule has 0 bridgehead atoms. The molecule has 2 heterocycles. The molecule has 0 aliphatic carbocycles. The molecule has 0 aliphatic rings. The molecule has 0 amide bonds. The normalized spacial score (nSPS) is 12.1. The Morgan fingerprint density at radius 3 is 2.55 bits per heavy atom. The molecule has 5 heteroatoms. The summed E-state index contributed by atoms with van der Waals surface area (Å²) in [5.74, 6) is 0. The van der Waals surface area contributed by atoms with Crippen LogP contribution in [0.5, 0.6) is 0 Å². The van der Waals surface area contributed by atoms with Gasteiger partial charge in [0.25, 0.3) is 0 Å². The van der Waals surface area contributed by atoms with Gasteiger partial charge in [-0.2, -0.15) is 5.10 Å². The lowest BCUT2D eigenvalue weighted by Crippen LogP contribution is -2.08. The van der Waals surface area contributed by atoms with E-state index in [0.717, 1.165) is 22.6 Å². The topological polar surface area (TPSA) is 66.5 Å². The molecule has 0 aliphatic heterocycles. The number of H-pyrrole nitrogens is 1. The van der Waals surface area contributed by atoms with Crippen molar-refractivity contribution in [2.75, 3.05) is 5.32 Å². The summed E-state index contributed by atoms with van der Waals surface area (Å²) in [4.78, 5) is 8.38. The number of aromatic nitrogens is 4. The van der Waals surface area contributed by atoms with E-state index in [9.17, 15) is 0 Å². The third-order valence-corrected chi connectivity index (χ3v) is 3.11. The second kappa shape index (κ2) is 5.52. The number of hydrogen-bond donors (Lipinski definition) is 2. The minimum absolute atomic E-state index is 0.113. The predicted molar refractivity (Wildman–Crippen MR) is 78.1 cm³/mol. The van der Waals surface area contributed by atoms with E-state index < -0.39 is 0 Å². The van der Waals surface area contributed by atoms with Gasteiger partial charge in [-0.3, -0.25) is 15.1 Å². The van der Waals surface area contributed by atoms with Crippen molar-refractivity contribution in [3.05, 3.63) is 60.8 Å². The number of aromatic amines is 1. The zero-order valence-electron chi connectivity index (χ0n) is 11.1. The number of hydrogen-bond acceptors (Lipinski definition) is 4. The summed E-state index contributed by atoms with van der Waals surface area (Å²) in [5.41, 5.74) is 4.09. The molecule has 0 radical (unpaired) electrons. The van der Waals surface area contributed by atoms with Crippen molar-refractivity contribution >= 4 is 5.69 Å². The summed E-state index contributed by atoms with van der Waals surface area (Å²) in [6, 6.07) is 10.3. The minimum Gasteiger partial charge on any atom is -0.377 e. The molecular weight excluding hydrogens is 250 g/mol. The van der Waals surface area contributed by atoms with Crippen molar-refractivity contribution in [3.8, 4) is 11.3 Å². The fraction of sp³-hybridized carbons (Fsp3) is 0.133. The molecule has 3 rings (SSSR count). The minimum atomic E-state index is 0.113. The lowest BCUT2D eigenvalue weighted by Gasteiger charge is -2.14. The molecule has 0 saturated heterocycles. The Morgan fingerprint density at radius 1 is 1.05 bits per heavy atom. The van der Waals surface area contributed by atoms with Crippen molar-refractivity contribution in [1.82, 2.24) is 20.2 Å². The quantitative estimate of drug-likeness (QED) is 0.761. The largest absolute Gasteiger partial charge is 0.377 e. The monoisotopic (exact) mass is 265 g/mol. The van der Waals surface area contributed by atoms with Gasteiger partial charge in [0.05, 0.1) is 23.6 Å². The highest BCUT2D eigenvalue weighted by Crippen LogP contribution is 2.21. The first kappa shape index (κ1) is 12.3. The van der Waals surface area contributed by atoms with E-state index in [2.05, 4.69) is 44.5 Å². The molecule has 0 saturated carbocycles. The number of benzene rings is 1. The number of anilines is 1. The maximum atomic E-state index is 4.29. The average Bonchev–Trinajstić information content (AvgIpc) is 3.03. The lowest BCUT2D eigenvalue weighted by molar-refractivity contribution is 0.827. The van der Waals surface area contributed by atoms with E-state index >= 15 is 0 Å². The standard InChI is InChI=1S/C15H15N5/c1-11(15-10-16-8-9-17-15)19-13-4-2-12(3-5-13)14-6-7-18-20-14/h2-11,19H,1H3,(H,18,20). The molecule has 5 nitrogen and oxygen atoms in total. The predicted octanol–water partition coefficient (Wildman–Crippen LogP) is 3.04. The van der Waals surface area contributed by atoms with Crippen molar-refractivity contribution in [2.45, 2.75) is 13.0 Å². The Hall–Kier alpha value is -2.69. The average molecular weight is 265 g/mol. The third kappa shape index (κ3) is 2.66. The maximum absolute atomic E-state index is 4.29. The van der Waals surface area contributed by atoms with E-state index in [0.29, 0.717) is 0 Å². The Morgan fingerprint density at radius 2 is 1.90 bits per heavy atom. The molecule has 1 aromatic carbocycles. The summed E-state index contributed by atoms with van der Waals surface area (Å²) in [6.45, 7) is 2.06. The summed E-state index contributed by atoms with van der Waals surface area (Å²) >= 11 is 0. The second-order valence-corrected chi connectivity index (χ2v) is 4.54. The van der Waals surface area contributed by atoms with Gasteiger partial charge in [0, 0.05) is 24.3 Å². The van der Waals surface area contributed by atoms with Crippen molar-refractivity contribution in [2.24, 2.45) is 0 Å². The smallest absolute Gasteiger partial charge is 0.0806 e. The van der Waals surface area contributed by atoms with Crippen LogP contribution < -0.4 is 5.32 Å². The molecule has 100 valence electrons. The molecule has 3 aromatic rings. The van der Waals surface area contributed by atoms with Crippen LogP contribution in [0, 0.1) is 0 Å². The molecule has 0 fully saturated rings. The Labute approximate surface area is 117 Å². The van der Waals surface area contributed by atoms with Crippen LogP contribution in [0.3, 0.4) is 0 Å². The summed E-state index contributed by atoms with van der Waals surface area (Å²) in [6.07, 6.45) is 6.90. The number of rotatable bonds is 4. The first-order valence-corrected chi connectivity index (χ1v) is 6.45. The Bertz CT molecular complexity index is 647. The van der Waals surface area contributed by atoms with Gasteiger partial charge in [0.15, 0.2) is 0 Å². The maximum Gasteiger partial charge on any atom is 0.0806 e. The SMILES string of the molecule is CC(Nc1ccc(-c2ccn[nH]2)cc1)c1cnccn1. The number of nitrogens with one attached hydrogen (secondary N) is 2. The van der Waals surface area contributed by atoms with Crippen LogP contribution >= 0.6 is 0 Å². The number of nitrogens with zero attached hydrogens (tertiary/aromatic N) is 3. The lowest BCUT2D eigenvalue weighted by atomic mass is 10.1. The summed E-state index contributed by atoms with van der Waals surface area (Å²) in [7, 11) is 0. The van der Waals surface area contributed by atoms with Gasteiger partial charge in [-0.1, -0.05) is 12.1 Å². The van der Waals surface area contributed by atoms with Crippen LogP contribution in [0.1, 0.15) is 18.7 Å². The molecule has 1 unspecified atom stereocenters.